The van der Waals surface area contributed by atoms with Crippen molar-refractivity contribution in [2.45, 2.75) is 0 Å². The first-order valence-electron chi connectivity index (χ1n) is 18.9. The normalized spacial score (nSPS) is 11.6. The van der Waals surface area contributed by atoms with Crippen LogP contribution in [0.2, 0.25) is 0 Å². The summed E-state index contributed by atoms with van der Waals surface area (Å²) >= 11 is 0. The van der Waals surface area contributed by atoms with Crippen LogP contribution < -0.4 is 0 Å². The number of benzene rings is 7. The average molecular weight is 716 g/mol. The molecule has 0 spiro atoms. The highest BCUT2D eigenvalue weighted by Crippen LogP contribution is 2.41. The van der Waals surface area contributed by atoms with Crippen molar-refractivity contribution in [3.63, 3.8) is 0 Å². The van der Waals surface area contributed by atoms with Gasteiger partial charge in [0, 0.05) is 44.0 Å². The third kappa shape index (κ3) is 5.21. The summed E-state index contributed by atoms with van der Waals surface area (Å²) in [5.41, 5.74) is 13.2. The van der Waals surface area contributed by atoms with Crippen LogP contribution in [0.4, 0.5) is 0 Å². The number of nitrogens with zero attached hydrogens (tertiary/aromatic N) is 5. The SMILES string of the molecule is c1ccc(-c2cc(-c3cccc(-c4cc5ccccc5c5c(-c6ccccc6)c(-c6ccccc6)nn45)c3)nc(-n3c4ccccc4c4ccccc43)n2)cc1. The molecule has 262 valence electrons. The predicted octanol–water partition coefficient (Wildman–Crippen LogP) is 12.7. The van der Waals surface area contributed by atoms with E-state index in [-0.39, 0.29) is 0 Å². The topological polar surface area (TPSA) is 48.0 Å². The van der Waals surface area contributed by atoms with Crippen molar-refractivity contribution in [1.29, 1.82) is 0 Å². The van der Waals surface area contributed by atoms with Gasteiger partial charge in [-0.1, -0.05) is 170 Å². The predicted molar refractivity (Wildman–Crippen MR) is 230 cm³/mol. The molecule has 4 aromatic heterocycles. The van der Waals surface area contributed by atoms with Gasteiger partial charge < -0.3 is 0 Å². The van der Waals surface area contributed by atoms with Gasteiger partial charge >= 0.3 is 0 Å². The Morgan fingerprint density at radius 3 is 1.57 bits per heavy atom. The highest BCUT2D eigenvalue weighted by Gasteiger charge is 2.22. The van der Waals surface area contributed by atoms with E-state index in [0.717, 1.165) is 83.5 Å². The summed E-state index contributed by atoms with van der Waals surface area (Å²) in [5, 5.41) is 10.1. The highest BCUT2D eigenvalue weighted by atomic mass is 15.2. The van der Waals surface area contributed by atoms with Gasteiger partial charge in [-0.2, -0.15) is 5.10 Å². The zero-order valence-electron chi connectivity index (χ0n) is 30.3. The third-order valence-electron chi connectivity index (χ3n) is 10.7. The van der Waals surface area contributed by atoms with Gasteiger partial charge in [-0.3, -0.25) is 4.57 Å². The lowest BCUT2D eigenvalue weighted by Crippen LogP contribution is -2.04. The number of pyridine rings is 1. The van der Waals surface area contributed by atoms with Crippen molar-refractivity contribution in [3.05, 3.63) is 200 Å². The summed E-state index contributed by atoms with van der Waals surface area (Å²) in [6.07, 6.45) is 0. The van der Waals surface area contributed by atoms with Crippen LogP contribution in [0.1, 0.15) is 0 Å². The van der Waals surface area contributed by atoms with Crippen LogP contribution in [0.3, 0.4) is 0 Å². The maximum atomic E-state index is 5.44. The summed E-state index contributed by atoms with van der Waals surface area (Å²) in [4.78, 5) is 10.6. The van der Waals surface area contributed by atoms with Gasteiger partial charge in [-0.15, -0.1) is 0 Å². The minimum Gasteiger partial charge on any atom is -0.278 e. The summed E-state index contributed by atoms with van der Waals surface area (Å²) in [7, 11) is 0. The van der Waals surface area contributed by atoms with Crippen molar-refractivity contribution < 1.29 is 0 Å². The Kier molecular flexibility index (Phi) is 7.42. The van der Waals surface area contributed by atoms with Gasteiger partial charge in [-0.05, 0) is 41.3 Å². The van der Waals surface area contributed by atoms with Gasteiger partial charge in [0.2, 0.25) is 5.95 Å². The molecule has 7 aromatic carbocycles. The Morgan fingerprint density at radius 2 is 0.893 bits per heavy atom. The number of fused-ring (bicyclic) bond motifs is 6. The van der Waals surface area contributed by atoms with Crippen molar-refractivity contribution in [1.82, 2.24) is 24.1 Å². The molecule has 0 atom stereocenters. The Morgan fingerprint density at radius 1 is 0.375 bits per heavy atom. The molecule has 0 bridgehead atoms. The van der Waals surface area contributed by atoms with Crippen molar-refractivity contribution >= 4 is 38.1 Å². The second-order valence-corrected chi connectivity index (χ2v) is 14.1. The number of para-hydroxylation sites is 2. The molecule has 5 nitrogen and oxygen atoms in total. The van der Waals surface area contributed by atoms with E-state index in [1.165, 1.54) is 10.8 Å². The average Bonchev–Trinajstić information content (AvgIpc) is 3.84. The van der Waals surface area contributed by atoms with Crippen LogP contribution in [0, 0.1) is 0 Å². The lowest BCUT2D eigenvalue weighted by Gasteiger charge is -2.13. The van der Waals surface area contributed by atoms with E-state index in [9.17, 15) is 0 Å². The van der Waals surface area contributed by atoms with E-state index >= 15 is 0 Å². The van der Waals surface area contributed by atoms with E-state index in [1.807, 2.05) is 6.07 Å². The van der Waals surface area contributed by atoms with Gasteiger partial charge in [0.05, 0.1) is 33.6 Å². The maximum Gasteiger partial charge on any atom is 0.235 e. The zero-order chi connectivity index (χ0) is 37.0. The Bertz CT molecular complexity index is 3180. The molecule has 0 N–H and O–H groups in total. The molecule has 0 aliphatic heterocycles. The monoisotopic (exact) mass is 715 g/mol. The van der Waals surface area contributed by atoms with Crippen molar-refractivity contribution in [3.8, 4) is 62.1 Å². The van der Waals surface area contributed by atoms with E-state index in [2.05, 4.69) is 203 Å². The smallest absolute Gasteiger partial charge is 0.235 e. The summed E-state index contributed by atoms with van der Waals surface area (Å²) in [6, 6.07) is 70.1. The molecule has 0 aliphatic carbocycles. The van der Waals surface area contributed by atoms with Gasteiger partial charge in [0.1, 0.15) is 5.69 Å². The van der Waals surface area contributed by atoms with Crippen LogP contribution in [-0.2, 0) is 0 Å². The van der Waals surface area contributed by atoms with E-state index < -0.39 is 0 Å². The number of rotatable bonds is 6. The first-order chi connectivity index (χ1) is 27.8. The zero-order valence-corrected chi connectivity index (χ0v) is 30.3. The molecule has 4 heterocycles. The molecule has 11 rings (SSSR count). The van der Waals surface area contributed by atoms with Gasteiger partial charge in [0.25, 0.3) is 0 Å². The summed E-state index contributed by atoms with van der Waals surface area (Å²) in [5.74, 6) is 0.629. The first kappa shape index (κ1) is 31.9. The molecule has 5 heteroatoms. The highest BCUT2D eigenvalue weighted by molar-refractivity contribution is 6.10. The molecule has 0 fully saturated rings. The summed E-state index contributed by atoms with van der Waals surface area (Å²) < 4.78 is 4.34. The van der Waals surface area contributed by atoms with E-state index in [0.29, 0.717) is 5.95 Å². The molecule has 0 aliphatic rings. The van der Waals surface area contributed by atoms with Crippen LogP contribution in [0.5, 0.6) is 0 Å². The largest absolute Gasteiger partial charge is 0.278 e. The van der Waals surface area contributed by atoms with Crippen molar-refractivity contribution in [2.75, 3.05) is 0 Å². The number of hydrogen-bond acceptors (Lipinski definition) is 3. The first-order valence-corrected chi connectivity index (χ1v) is 18.9. The van der Waals surface area contributed by atoms with Crippen LogP contribution in [0.25, 0.3) is 100 Å². The Hall–Kier alpha value is -7.63. The maximum absolute atomic E-state index is 5.44. The van der Waals surface area contributed by atoms with Gasteiger partial charge in [-0.25, -0.2) is 14.5 Å². The molecular formula is C51H33N5. The number of hydrogen-bond donors (Lipinski definition) is 0. The van der Waals surface area contributed by atoms with Crippen LogP contribution in [-0.4, -0.2) is 24.1 Å². The van der Waals surface area contributed by atoms with Gasteiger partial charge in [0.15, 0.2) is 0 Å². The molecule has 0 radical (unpaired) electrons. The quantitative estimate of drug-likeness (QED) is 0.172. The lowest BCUT2D eigenvalue weighted by atomic mass is 9.96. The van der Waals surface area contributed by atoms with E-state index in [1.54, 1.807) is 0 Å². The molecule has 0 unspecified atom stereocenters. The fraction of sp³-hybridized carbons (Fsp3) is 0. The standard InChI is InChI=1S/C51H33N5/c1-4-17-34(18-5-1)43-33-44(53-51(52-43)55-45-29-14-12-27-41(45)42-28-13-15-30-46(42)55)38-24-16-25-39(31-38)47-32-37-23-10-11-26-40(37)50-48(35-19-6-2-7-20-35)49(54-56(47)50)36-21-8-3-9-22-36/h1-33H. The molecule has 11 aromatic rings. The lowest BCUT2D eigenvalue weighted by molar-refractivity contribution is 0.979. The minimum atomic E-state index is 0.629. The molecule has 0 amide bonds. The fourth-order valence-corrected chi connectivity index (χ4v) is 8.19. The Labute approximate surface area is 323 Å². The molecule has 56 heavy (non-hydrogen) atoms. The van der Waals surface area contributed by atoms with Crippen molar-refractivity contribution in [2.24, 2.45) is 0 Å². The molecule has 0 saturated heterocycles. The second-order valence-electron chi connectivity index (χ2n) is 14.1. The fourth-order valence-electron chi connectivity index (χ4n) is 8.19. The summed E-state index contributed by atoms with van der Waals surface area (Å²) in [6.45, 7) is 0. The molecular weight excluding hydrogens is 683 g/mol. The Balaban J connectivity index is 1.16. The van der Waals surface area contributed by atoms with Crippen LogP contribution in [0.15, 0.2) is 200 Å². The number of aromatic nitrogens is 5. The third-order valence-corrected chi connectivity index (χ3v) is 10.7. The second kappa shape index (κ2) is 13.0. The minimum absolute atomic E-state index is 0.629. The molecule has 0 saturated carbocycles. The van der Waals surface area contributed by atoms with Crippen LogP contribution >= 0.6 is 0 Å². The van der Waals surface area contributed by atoms with E-state index in [4.69, 9.17) is 15.1 Å².